The number of hydrogen-bond donors (Lipinski definition) is 1. The van der Waals surface area contributed by atoms with Crippen molar-refractivity contribution < 1.29 is 13.9 Å². The zero-order valence-electron chi connectivity index (χ0n) is 18.3. The van der Waals surface area contributed by atoms with E-state index in [1.807, 2.05) is 29.8 Å². The summed E-state index contributed by atoms with van der Waals surface area (Å²) >= 11 is 1.42. The summed E-state index contributed by atoms with van der Waals surface area (Å²) in [5.41, 5.74) is 2.82. The van der Waals surface area contributed by atoms with Crippen LogP contribution in [-0.4, -0.2) is 47.0 Å². The molecule has 0 spiro atoms. The zero-order chi connectivity index (χ0) is 22.8. The second kappa shape index (κ2) is 9.29. The molecule has 0 radical (unpaired) electrons. The quantitative estimate of drug-likeness (QED) is 0.470. The smallest absolute Gasteiger partial charge is 0.261 e. The number of benzene rings is 1. The van der Waals surface area contributed by atoms with Crippen molar-refractivity contribution in [2.75, 3.05) is 31.2 Å². The van der Waals surface area contributed by atoms with Crippen LogP contribution < -0.4 is 10.2 Å². The molecule has 1 N–H and O–H groups in total. The Bertz CT molecular complexity index is 1280. The third-order valence-electron chi connectivity index (χ3n) is 5.67. The molecule has 1 amide bonds. The number of nitrogens with one attached hydrogen (secondary N) is 1. The van der Waals surface area contributed by atoms with Gasteiger partial charge in [0.2, 0.25) is 0 Å². The van der Waals surface area contributed by atoms with E-state index in [-0.39, 0.29) is 11.7 Å². The first-order chi connectivity index (χ1) is 16.1. The molecule has 0 bridgehead atoms. The fourth-order valence-electron chi connectivity index (χ4n) is 3.90. The number of fused-ring (bicyclic) bond motifs is 1. The first-order valence-corrected chi connectivity index (χ1v) is 11.7. The molecule has 1 saturated heterocycles. The van der Waals surface area contributed by atoms with Crippen molar-refractivity contribution in [3.05, 3.63) is 76.2 Å². The summed E-state index contributed by atoms with van der Waals surface area (Å²) in [6.45, 7) is 5.92. The minimum atomic E-state index is -0.262. The van der Waals surface area contributed by atoms with Crippen molar-refractivity contribution in [3.8, 4) is 0 Å². The molecule has 33 heavy (non-hydrogen) atoms. The summed E-state index contributed by atoms with van der Waals surface area (Å²) in [7, 11) is 0. The number of carbonyl (C=O) groups excluding carboxylic acids is 1. The molecule has 9 heteroatoms. The highest BCUT2D eigenvalue weighted by molar-refractivity contribution is 7.20. The summed E-state index contributed by atoms with van der Waals surface area (Å²) in [5, 5.41) is 8.58. The van der Waals surface area contributed by atoms with Gasteiger partial charge >= 0.3 is 0 Å². The predicted octanol–water partition coefficient (Wildman–Crippen LogP) is 3.76. The van der Waals surface area contributed by atoms with E-state index in [0.29, 0.717) is 31.2 Å². The van der Waals surface area contributed by atoms with Crippen LogP contribution in [0.5, 0.6) is 0 Å². The third kappa shape index (κ3) is 4.74. The van der Waals surface area contributed by atoms with Crippen molar-refractivity contribution in [1.29, 1.82) is 0 Å². The monoisotopic (exact) mass is 465 g/mol. The Balaban J connectivity index is 1.28. The number of nitrogens with zero attached hydrogens (tertiary/aromatic N) is 4. The van der Waals surface area contributed by atoms with Gasteiger partial charge < -0.3 is 15.0 Å². The van der Waals surface area contributed by atoms with Gasteiger partial charge in [-0.2, -0.15) is 5.10 Å². The van der Waals surface area contributed by atoms with Gasteiger partial charge in [0.05, 0.1) is 30.3 Å². The minimum absolute atomic E-state index is 0.117. The highest BCUT2D eigenvalue weighted by atomic mass is 32.1. The van der Waals surface area contributed by atoms with Crippen LogP contribution in [0.15, 0.2) is 48.7 Å². The molecule has 1 fully saturated rings. The molecule has 170 valence electrons. The fourth-order valence-corrected chi connectivity index (χ4v) is 4.98. The van der Waals surface area contributed by atoms with Crippen molar-refractivity contribution >= 4 is 33.3 Å². The maximum absolute atomic E-state index is 13.2. The number of aryl methyl sites for hydroxylation is 1. The lowest BCUT2D eigenvalue weighted by molar-refractivity contribution is 0.0955. The van der Waals surface area contributed by atoms with E-state index < -0.39 is 0 Å². The number of amides is 1. The van der Waals surface area contributed by atoms with Crippen molar-refractivity contribution in [2.45, 2.75) is 20.0 Å². The van der Waals surface area contributed by atoms with Crippen molar-refractivity contribution in [3.63, 3.8) is 0 Å². The van der Waals surface area contributed by atoms with E-state index in [0.717, 1.165) is 45.9 Å². The molecule has 0 unspecified atom stereocenters. The van der Waals surface area contributed by atoms with E-state index in [1.54, 1.807) is 18.3 Å². The number of pyridine rings is 1. The fraction of sp³-hybridized carbons (Fsp3) is 0.292. The Morgan fingerprint density at radius 3 is 2.73 bits per heavy atom. The summed E-state index contributed by atoms with van der Waals surface area (Å²) in [4.78, 5) is 21.1. The lowest BCUT2D eigenvalue weighted by atomic mass is 10.2. The van der Waals surface area contributed by atoms with E-state index >= 15 is 0 Å². The molecule has 7 nitrogen and oxygen atoms in total. The highest BCUT2D eigenvalue weighted by Crippen LogP contribution is 2.29. The predicted molar refractivity (Wildman–Crippen MR) is 126 cm³/mol. The lowest BCUT2D eigenvalue weighted by Gasteiger charge is -2.28. The van der Waals surface area contributed by atoms with Gasteiger partial charge in [0.25, 0.3) is 5.91 Å². The number of rotatable bonds is 6. The second-order valence-electron chi connectivity index (χ2n) is 8.00. The van der Waals surface area contributed by atoms with Crippen LogP contribution in [-0.2, 0) is 17.8 Å². The van der Waals surface area contributed by atoms with E-state index in [2.05, 4.69) is 20.3 Å². The number of morpholine rings is 1. The summed E-state index contributed by atoms with van der Waals surface area (Å²) < 4.78 is 20.5. The standard InChI is InChI=1S/C24H24FN5O2S/c1-16-20-13-21(33-24(20)30(28-16)15-17-2-4-19(25)5-3-17)23(31)27-14-18-6-7-26-22(12-18)29-8-10-32-11-9-29/h2-7,12-13H,8-11,14-15H2,1H3,(H,27,31). The molecule has 1 aromatic carbocycles. The molecule has 1 aliphatic rings. The van der Waals surface area contributed by atoms with Gasteiger partial charge in [-0.1, -0.05) is 12.1 Å². The van der Waals surface area contributed by atoms with E-state index in [1.165, 1.54) is 23.5 Å². The van der Waals surface area contributed by atoms with Crippen LogP contribution in [0.25, 0.3) is 10.2 Å². The zero-order valence-corrected chi connectivity index (χ0v) is 19.1. The van der Waals surface area contributed by atoms with Gasteiger partial charge in [0, 0.05) is 31.2 Å². The Morgan fingerprint density at radius 1 is 1.15 bits per heavy atom. The number of aromatic nitrogens is 3. The maximum atomic E-state index is 13.2. The third-order valence-corrected chi connectivity index (χ3v) is 6.82. The van der Waals surface area contributed by atoms with Gasteiger partial charge in [-0.15, -0.1) is 11.3 Å². The van der Waals surface area contributed by atoms with Crippen molar-refractivity contribution in [2.24, 2.45) is 0 Å². The molecule has 4 aromatic rings. The van der Waals surface area contributed by atoms with Gasteiger partial charge in [0.1, 0.15) is 16.5 Å². The van der Waals surface area contributed by atoms with Crippen LogP contribution in [0.4, 0.5) is 10.2 Å². The number of halogens is 1. The number of anilines is 1. The molecule has 4 heterocycles. The first kappa shape index (κ1) is 21.5. The lowest BCUT2D eigenvalue weighted by Crippen LogP contribution is -2.36. The molecular weight excluding hydrogens is 441 g/mol. The average molecular weight is 466 g/mol. The summed E-state index contributed by atoms with van der Waals surface area (Å²) in [6.07, 6.45) is 1.78. The highest BCUT2D eigenvalue weighted by Gasteiger charge is 2.17. The molecule has 0 atom stereocenters. The molecule has 1 aliphatic heterocycles. The molecule has 0 saturated carbocycles. The number of carbonyl (C=O) groups is 1. The maximum Gasteiger partial charge on any atom is 0.261 e. The Kier molecular flexibility index (Phi) is 6.06. The largest absolute Gasteiger partial charge is 0.378 e. The summed E-state index contributed by atoms with van der Waals surface area (Å²) in [6, 6.07) is 12.2. The average Bonchev–Trinajstić information content (AvgIpc) is 3.41. The van der Waals surface area contributed by atoms with Crippen LogP contribution in [0.3, 0.4) is 0 Å². The van der Waals surface area contributed by atoms with Crippen LogP contribution >= 0.6 is 11.3 Å². The number of ether oxygens (including phenoxy) is 1. The minimum Gasteiger partial charge on any atom is -0.378 e. The number of hydrogen-bond acceptors (Lipinski definition) is 6. The van der Waals surface area contributed by atoms with Crippen LogP contribution in [0, 0.1) is 12.7 Å². The van der Waals surface area contributed by atoms with Gasteiger partial charge in [-0.05, 0) is 48.4 Å². The Morgan fingerprint density at radius 2 is 1.94 bits per heavy atom. The summed E-state index contributed by atoms with van der Waals surface area (Å²) in [5.74, 6) is 0.527. The van der Waals surface area contributed by atoms with Crippen LogP contribution in [0.1, 0.15) is 26.5 Å². The Hall–Kier alpha value is -3.30. The topological polar surface area (TPSA) is 72.3 Å². The van der Waals surface area contributed by atoms with E-state index in [4.69, 9.17) is 4.74 Å². The van der Waals surface area contributed by atoms with Gasteiger partial charge in [-0.25, -0.2) is 9.37 Å². The second-order valence-corrected chi connectivity index (χ2v) is 9.03. The molecule has 5 rings (SSSR count). The SMILES string of the molecule is Cc1nn(Cc2ccc(F)cc2)c2sc(C(=O)NCc3ccnc(N4CCOCC4)c3)cc12. The van der Waals surface area contributed by atoms with Crippen LogP contribution in [0.2, 0.25) is 0 Å². The molecule has 0 aliphatic carbocycles. The van der Waals surface area contributed by atoms with Gasteiger partial charge in [-0.3, -0.25) is 9.48 Å². The molecule has 3 aromatic heterocycles. The molecular formula is C24H24FN5O2S. The van der Waals surface area contributed by atoms with Gasteiger partial charge in [0.15, 0.2) is 0 Å². The first-order valence-electron chi connectivity index (χ1n) is 10.8. The van der Waals surface area contributed by atoms with Crippen molar-refractivity contribution in [1.82, 2.24) is 20.1 Å². The van der Waals surface area contributed by atoms with E-state index in [9.17, 15) is 9.18 Å². The Labute approximate surface area is 194 Å². The number of thiophene rings is 1. The normalized spacial score (nSPS) is 14.1.